The lowest BCUT2D eigenvalue weighted by Crippen LogP contribution is -2.25. The van der Waals surface area contributed by atoms with E-state index in [1.807, 2.05) is 6.08 Å². The molecule has 1 fully saturated rings. The third kappa shape index (κ3) is 3.47. The molecule has 0 aromatic heterocycles. The molecule has 0 bridgehead atoms. The minimum absolute atomic E-state index is 0.326. The molecule has 1 nitrogen and oxygen atoms in total. The highest BCUT2D eigenvalue weighted by Gasteiger charge is 2.28. The van der Waals surface area contributed by atoms with Gasteiger partial charge in [-0.15, -0.1) is 0 Å². The zero-order chi connectivity index (χ0) is 12.0. The van der Waals surface area contributed by atoms with Gasteiger partial charge >= 0.3 is 0 Å². The summed E-state index contributed by atoms with van der Waals surface area (Å²) < 4.78 is 0. The summed E-state index contributed by atoms with van der Waals surface area (Å²) >= 11 is 0. The highest BCUT2D eigenvalue weighted by atomic mass is 16.1. The number of carbonyl (C=O) groups is 1. The Labute approximate surface area is 100 Å². The number of hydrogen-bond acceptors (Lipinski definition) is 1. The van der Waals surface area contributed by atoms with Crippen molar-refractivity contribution in [3.05, 3.63) is 11.6 Å². The van der Waals surface area contributed by atoms with Crippen LogP contribution in [0.3, 0.4) is 0 Å². The maximum absolute atomic E-state index is 12.2. The predicted molar refractivity (Wildman–Crippen MR) is 69.4 cm³/mol. The molecule has 0 N–H and O–H groups in total. The van der Waals surface area contributed by atoms with Crippen LogP contribution in [0.1, 0.15) is 65.7 Å². The van der Waals surface area contributed by atoms with Crippen LogP contribution in [-0.2, 0) is 4.79 Å². The molecule has 1 aliphatic carbocycles. The van der Waals surface area contributed by atoms with Crippen molar-refractivity contribution in [2.24, 2.45) is 11.8 Å². The number of carbonyl (C=O) groups excluding carboxylic acids is 1. The first-order chi connectivity index (χ1) is 7.72. The van der Waals surface area contributed by atoms with Crippen LogP contribution in [-0.4, -0.2) is 5.78 Å². The van der Waals surface area contributed by atoms with E-state index in [2.05, 4.69) is 20.8 Å². The van der Waals surface area contributed by atoms with Gasteiger partial charge < -0.3 is 0 Å². The summed E-state index contributed by atoms with van der Waals surface area (Å²) in [7, 11) is 0. The van der Waals surface area contributed by atoms with E-state index in [0.717, 1.165) is 25.7 Å². The summed E-state index contributed by atoms with van der Waals surface area (Å²) in [5.41, 5.74) is 1.31. The minimum atomic E-state index is 0.326. The second-order valence-electron chi connectivity index (χ2n) is 4.97. The topological polar surface area (TPSA) is 17.1 Å². The van der Waals surface area contributed by atoms with Crippen molar-refractivity contribution in [3.8, 4) is 0 Å². The van der Waals surface area contributed by atoms with Gasteiger partial charge in [0, 0.05) is 5.92 Å². The Morgan fingerprint density at radius 2 is 1.75 bits per heavy atom. The fourth-order valence-electron chi connectivity index (χ4n) is 2.83. The lowest BCUT2D eigenvalue weighted by atomic mass is 9.75. The van der Waals surface area contributed by atoms with Crippen molar-refractivity contribution in [2.75, 3.05) is 0 Å². The SMILES string of the molecule is CCC(=CC(=O)C1CCCCC1CC)CC. The molecule has 2 unspecified atom stereocenters. The Morgan fingerprint density at radius 3 is 2.31 bits per heavy atom. The number of allylic oxidation sites excluding steroid dienone is 2. The third-order valence-electron chi connectivity index (χ3n) is 4.05. The Bertz CT molecular complexity index is 246. The lowest BCUT2D eigenvalue weighted by Gasteiger charge is -2.29. The molecule has 0 aliphatic heterocycles. The second kappa shape index (κ2) is 6.88. The van der Waals surface area contributed by atoms with E-state index < -0.39 is 0 Å². The van der Waals surface area contributed by atoms with E-state index in [1.165, 1.54) is 24.8 Å². The van der Waals surface area contributed by atoms with Crippen molar-refractivity contribution in [3.63, 3.8) is 0 Å². The molecular weight excluding hydrogens is 196 g/mol. The van der Waals surface area contributed by atoms with Gasteiger partial charge in [0.25, 0.3) is 0 Å². The molecule has 1 saturated carbocycles. The molecule has 0 saturated heterocycles. The first-order valence-electron chi connectivity index (χ1n) is 6.96. The van der Waals surface area contributed by atoms with Gasteiger partial charge in [-0.2, -0.15) is 0 Å². The molecule has 1 aliphatic rings. The minimum Gasteiger partial charge on any atom is -0.295 e. The monoisotopic (exact) mass is 222 g/mol. The van der Waals surface area contributed by atoms with Crippen LogP contribution < -0.4 is 0 Å². The van der Waals surface area contributed by atoms with Crippen molar-refractivity contribution in [1.29, 1.82) is 0 Å². The standard InChI is InChI=1S/C15H26O/c1-4-12(5-2)11-15(16)14-10-8-7-9-13(14)6-3/h11,13-14H,4-10H2,1-3H3. The smallest absolute Gasteiger partial charge is 0.158 e. The van der Waals surface area contributed by atoms with Crippen LogP contribution in [0.15, 0.2) is 11.6 Å². The molecule has 2 atom stereocenters. The van der Waals surface area contributed by atoms with E-state index in [4.69, 9.17) is 0 Å². The maximum Gasteiger partial charge on any atom is 0.158 e. The van der Waals surface area contributed by atoms with Gasteiger partial charge in [-0.1, -0.05) is 45.6 Å². The molecule has 0 aromatic carbocycles. The summed E-state index contributed by atoms with van der Waals surface area (Å²) in [5.74, 6) is 1.38. The Kier molecular flexibility index (Phi) is 5.79. The Morgan fingerprint density at radius 1 is 1.12 bits per heavy atom. The molecule has 0 heterocycles. The highest BCUT2D eigenvalue weighted by Crippen LogP contribution is 2.33. The first-order valence-corrected chi connectivity index (χ1v) is 6.96. The highest BCUT2D eigenvalue weighted by molar-refractivity contribution is 5.92. The van der Waals surface area contributed by atoms with E-state index in [9.17, 15) is 4.79 Å². The fraction of sp³-hybridized carbons (Fsp3) is 0.800. The number of hydrogen-bond donors (Lipinski definition) is 0. The number of rotatable bonds is 5. The van der Waals surface area contributed by atoms with Gasteiger partial charge in [-0.25, -0.2) is 0 Å². The molecule has 92 valence electrons. The van der Waals surface area contributed by atoms with Crippen LogP contribution in [0.2, 0.25) is 0 Å². The normalized spacial score (nSPS) is 25.2. The molecule has 1 heteroatoms. The van der Waals surface area contributed by atoms with Crippen LogP contribution in [0.5, 0.6) is 0 Å². The predicted octanol–water partition coefficient (Wildman–Crippen LogP) is 4.52. The van der Waals surface area contributed by atoms with Gasteiger partial charge in [0.05, 0.1) is 0 Å². The van der Waals surface area contributed by atoms with E-state index in [-0.39, 0.29) is 0 Å². The molecule has 0 amide bonds. The average molecular weight is 222 g/mol. The molecular formula is C15H26O. The third-order valence-corrected chi connectivity index (χ3v) is 4.05. The van der Waals surface area contributed by atoms with Crippen molar-refractivity contribution < 1.29 is 4.79 Å². The van der Waals surface area contributed by atoms with Crippen LogP contribution >= 0.6 is 0 Å². The summed E-state index contributed by atoms with van der Waals surface area (Å²) in [6, 6.07) is 0. The quantitative estimate of drug-likeness (QED) is 0.625. The lowest BCUT2D eigenvalue weighted by molar-refractivity contribution is -0.120. The molecule has 0 aromatic rings. The Balaban J connectivity index is 2.67. The van der Waals surface area contributed by atoms with Gasteiger partial charge in [0.2, 0.25) is 0 Å². The largest absolute Gasteiger partial charge is 0.295 e. The summed E-state index contributed by atoms with van der Waals surface area (Å²) in [6.45, 7) is 6.50. The van der Waals surface area contributed by atoms with Crippen molar-refractivity contribution in [2.45, 2.75) is 65.7 Å². The van der Waals surface area contributed by atoms with Crippen molar-refractivity contribution >= 4 is 5.78 Å². The molecule has 0 radical (unpaired) electrons. The van der Waals surface area contributed by atoms with E-state index >= 15 is 0 Å². The van der Waals surface area contributed by atoms with E-state index in [0.29, 0.717) is 17.6 Å². The van der Waals surface area contributed by atoms with Crippen LogP contribution in [0.25, 0.3) is 0 Å². The zero-order valence-electron chi connectivity index (χ0n) is 11.1. The Hall–Kier alpha value is -0.590. The van der Waals surface area contributed by atoms with Gasteiger partial charge in [-0.05, 0) is 37.7 Å². The van der Waals surface area contributed by atoms with E-state index in [1.54, 1.807) is 0 Å². The number of ketones is 1. The summed E-state index contributed by atoms with van der Waals surface area (Å²) in [6.07, 6.45) is 10.1. The fourth-order valence-corrected chi connectivity index (χ4v) is 2.83. The van der Waals surface area contributed by atoms with Crippen LogP contribution in [0, 0.1) is 11.8 Å². The molecule has 0 spiro atoms. The summed E-state index contributed by atoms with van der Waals surface area (Å²) in [5, 5.41) is 0. The van der Waals surface area contributed by atoms with Gasteiger partial charge in [0.15, 0.2) is 5.78 Å². The second-order valence-corrected chi connectivity index (χ2v) is 4.97. The average Bonchev–Trinajstić information content (AvgIpc) is 2.35. The molecule has 16 heavy (non-hydrogen) atoms. The summed E-state index contributed by atoms with van der Waals surface area (Å²) in [4.78, 5) is 12.2. The van der Waals surface area contributed by atoms with Gasteiger partial charge in [-0.3, -0.25) is 4.79 Å². The van der Waals surface area contributed by atoms with Crippen molar-refractivity contribution in [1.82, 2.24) is 0 Å². The molecule has 1 rings (SSSR count). The van der Waals surface area contributed by atoms with Crippen LogP contribution in [0.4, 0.5) is 0 Å². The zero-order valence-corrected chi connectivity index (χ0v) is 11.1. The van der Waals surface area contributed by atoms with Gasteiger partial charge in [0.1, 0.15) is 0 Å². The maximum atomic E-state index is 12.2. The first kappa shape index (κ1) is 13.5.